The predicted octanol–water partition coefficient (Wildman–Crippen LogP) is 7.97. The molecule has 31 heavy (non-hydrogen) atoms. The topological polar surface area (TPSA) is 63.6 Å². The average Bonchev–Trinajstić information content (AvgIpc) is 2.75. The zero-order valence-electron chi connectivity index (χ0n) is 18.9. The molecule has 0 aliphatic heterocycles. The van der Waals surface area contributed by atoms with Crippen LogP contribution >= 0.6 is 0 Å². The van der Waals surface area contributed by atoms with E-state index in [4.69, 9.17) is 4.74 Å². The minimum atomic E-state index is -4.36. The van der Waals surface area contributed by atoms with Crippen molar-refractivity contribution in [3.8, 4) is 11.5 Å². The Labute approximate surface area is 188 Å². The molecule has 0 unspecified atom stereocenters. The molecule has 2 aromatic carbocycles. The van der Waals surface area contributed by atoms with Crippen LogP contribution in [0.15, 0.2) is 53.4 Å². The maximum Gasteiger partial charge on any atom is 0.298 e. The van der Waals surface area contributed by atoms with Crippen molar-refractivity contribution in [2.75, 3.05) is 0 Å². The number of para-hydroxylation sites is 1. The third kappa shape index (κ3) is 10.3. The van der Waals surface area contributed by atoms with E-state index < -0.39 is 10.1 Å². The summed E-state index contributed by atoms with van der Waals surface area (Å²) in [6.07, 6.45) is 16.3. The van der Waals surface area contributed by atoms with Gasteiger partial charge in [0.1, 0.15) is 16.4 Å². The number of rotatable bonds is 16. The second kappa shape index (κ2) is 14.3. The first-order valence-electron chi connectivity index (χ1n) is 11.8. The Balaban J connectivity index is 1.71. The number of hydrogen-bond donors (Lipinski definition) is 1. The van der Waals surface area contributed by atoms with Crippen LogP contribution in [0.25, 0.3) is 0 Å². The van der Waals surface area contributed by atoms with Gasteiger partial charge >= 0.3 is 0 Å². The highest BCUT2D eigenvalue weighted by Crippen LogP contribution is 2.30. The number of hydrogen-bond acceptors (Lipinski definition) is 3. The lowest BCUT2D eigenvalue weighted by Crippen LogP contribution is -2.02. The van der Waals surface area contributed by atoms with E-state index in [1.54, 1.807) is 18.2 Å². The molecule has 5 heteroatoms. The van der Waals surface area contributed by atoms with E-state index in [-0.39, 0.29) is 10.6 Å². The summed E-state index contributed by atoms with van der Waals surface area (Å²) in [4.78, 5) is -0.173. The normalized spacial score (nSPS) is 11.5. The summed E-state index contributed by atoms with van der Waals surface area (Å²) in [6, 6.07) is 14.0. The van der Waals surface area contributed by atoms with E-state index in [0.29, 0.717) is 5.75 Å². The molecule has 0 saturated carbocycles. The van der Waals surface area contributed by atoms with Crippen molar-refractivity contribution in [1.82, 2.24) is 0 Å². The number of aryl methyl sites for hydroxylation is 1. The molecule has 0 saturated heterocycles. The molecule has 1 N–H and O–H groups in total. The maximum atomic E-state index is 11.8. The molecule has 2 rings (SSSR count). The number of benzene rings is 2. The van der Waals surface area contributed by atoms with E-state index >= 15 is 0 Å². The summed E-state index contributed by atoms with van der Waals surface area (Å²) in [5, 5.41) is 0. The molecule has 0 heterocycles. The second-order valence-electron chi connectivity index (χ2n) is 8.31. The zero-order chi connectivity index (χ0) is 22.4. The van der Waals surface area contributed by atoms with Gasteiger partial charge in [-0.2, -0.15) is 8.42 Å². The molecule has 172 valence electrons. The van der Waals surface area contributed by atoms with Crippen LogP contribution in [0.1, 0.15) is 89.5 Å². The molecule has 0 fully saturated rings. The van der Waals surface area contributed by atoms with Crippen LogP contribution in [-0.4, -0.2) is 13.0 Å². The third-order valence-electron chi connectivity index (χ3n) is 5.58. The molecule has 0 radical (unpaired) electrons. The monoisotopic (exact) mass is 446 g/mol. The van der Waals surface area contributed by atoms with E-state index in [1.807, 2.05) is 24.3 Å². The van der Waals surface area contributed by atoms with Crippen molar-refractivity contribution in [3.63, 3.8) is 0 Å². The first-order valence-corrected chi connectivity index (χ1v) is 13.3. The van der Waals surface area contributed by atoms with Gasteiger partial charge in [-0.05, 0) is 42.7 Å². The van der Waals surface area contributed by atoms with Gasteiger partial charge in [-0.3, -0.25) is 4.55 Å². The van der Waals surface area contributed by atoms with Gasteiger partial charge in [0.25, 0.3) is 10.1 Å². The molecular formula is C26H38O4S. The molecule has 2 aromatic rings. The van der Waals surface area contributed by atoms with Crippen molar-refractivity contribution in [2.45, 2.75) is 95.3 Å². The van der Waals surface area contributed by atoms with Gasteiger partial charge in [0, 0.05) is 0 Å². The van der Waals surface area contributed by atoms with Gasteiger partial charge in [0.05, 0.1) is 0 Å². The Hall–Kier alpha value is -1.85. The molecule has 0 aliphatic carbocycles. The van der Waals surface area contributed by atoms with Gasteiger partial charge in [0.15, 0.2) is 0 Å². The Morgan fingerprint density at radius 2 is 1.29 bits per heavy atom. The van der Waals surface area contributed by atoms with Crippen LogP contribution in [0.4, 0.5) is 0 Å². The van der Waals surface area contributed by atoms with Crippen LogP contribution < -0.4 is 4.74 Å². The van der Waals surface area contributed by atoms with Crippen molar-refractivity contribution in [1.29, 1.82) is 0 Å². The molecular weight excluding hydrogens is 408 g/mol. The second-order valence-corrected chi connectivity index (χ2v) is 9.70. The van der Waals surface area contributed by atoms with Crippen LogP contribution in [-0.2, 0) is 16.5 Å². The minimum absolute atomic E-state index is 0.146. The van der Waals surface area contributed by atoms with E-state index in [9.17, 15) is 13.0 Å². The van der Waals surface area contributed by atoms with Gasteiger partial charge in [0.2, 0.25) is 0 Å². The highest BCUT2D eigenvalue weighted by atomic mass is 32.2. The summed E-state index contributed by atoms with van der Waals surface area (Å²) in [5.41, 5.74) is 0.903. The van der Waals surface area contributed by atoms with Crippen molar-refractivity contribution >= 4 is 10.1 Å². The lowest BCUT2D eigenvalue weighted by molar-refractivity contribution is 0.449. The maximum absolute atomic E-state index is 11.8. The summed E-state index contributed by atoms with van der Waals surface area (Å²) < 4.78 is 39.0. The van der Waals surface area contributed by atoms with Gasteiger partial charge in [-0.15, -0.1) is 0 Å². The molecule has 0 aliphatic rings. The standard InChI is InChI=1S/C26H38O4S/c1-2-3-4-5-6-7-8-9-10-11-12-14-17-23-20-21-25(26(22-23)31(27,28)29)30-24-18-15-13-16-19-24/h13,15-16,18-22H,2-12,14,17H2,1H3,(H,27,28,29). The quantitative estimate of drug-likeness (QED) is 0.210. The lowest BCUT2D eigenvalue weighted by atomic mass is 10.0. The fourth-order valence-corrected chi connectivity index (χ4v) is 4.44. The van der Waals surface area contributed by atoms with Crippen LogP contribution in [0.5, 0.6) is 11.5 Å². The van der Waals surface area contributed by atoms with Crippen molar-refractivity contribution in [3.05, 3.63) is 54.1 Å². The van der Waals surface area contributed by atoms with E-state index in [2.05, 4.69) is 6.92 Å². The predicted molar refractivity (Wildman–Crippen MR) is 128 cm³/mol. The highest BCUT2D eigenvalue weighted by molar-refractivity contribution is 7.86. The average molecular weight is 447 g/mol. The first-order chi connectivity index (χ1) is 15.0. The fourth-order valence-electron chi connectivity index (χ4n) is 3.78. The SMILES string of the molecule is CCCCCCCCCCCCCCc1ccc(Oc2ccccc2)c(S(=O)(=O)O)c1. The Morgan fingerprint density at radius 3 is 1.84 bits per heavy atom. The molecule has 4 nitrogen and oxygen atoms in total. The lowest BCUT2D eigenvalue weighted by Gasteiger charge is -2.11. The smallest absolute Gasteiger partial charge is 0.298 e. The first kappa shape index (κ1) is 25.4. The van der Waals surface area contributed by atoms with Gasteiger partial charge < -0.3 is 4.74 Å². The summed E-state index contributed by atoms with van der Waals surface area (Å²) in [6.45, 7) is 2.25. The van der Waals surface area contributed by atoms with Crippen LogP contribution in [0, 0.1) is 0 Å². The Bertz CT molecular complexity index is 847. The van der Waals surface area contributed by atoms with E-state index in [1.165, 1.54) is 70.3 Å². The third-order valence-corrected chi connectivity index (χ3v) is 6.45. The van der Waals surface area contributed by atoms with Crippen molar-refractivity contribution in [2.24, 2.45) is 0 Å². The van der Waals surface area contributed by atoms with E-state index in [0.717, 1.165) is 24.8 Å². The Morgan fingerprint density at radius 1 is 0.742 bits per heavy atom. The number of ether oxygens (including phenoxy) is 1. The van der Waals surface area contributed by atoms with Crippen LogP contribution in [0.3, 0.4) is 0 Å². The van der Waals surface area contributed by atoms with Crippen molar-refractivity contribution < 1.29 is 17.7 Å². The summed E-state index contributed by atoms with van der Waals surface area (Å²) in [5.74, 6) is 0.674. The van der Waals surface area contributed by atoms with Gasteiger partial charge in [-0.1, -0.05) is 102 Å². The fraction of sp³-hybridized carbons (Fsp3) is 0.538. The molecule has 0 bridgehead atoms. The minimum Gasteiger partial charge on any atom is -0.456 e. The van der Waals surface area contributed by atoms with Gasteiger partial charge in [-0.25, -0.2) is 0 Å². The molecule has 0 atom stereocenters. The highest BCUT2D eigenvalue weighted by Gasteiger charge is 2.18. The zero-order valence-corrected chi connectivity index (χ0v) is 19.7. The number of unbranched alkanes of at least 4 members (excludes halogenated alkanes) is 11. The molecule has 0 spiro atoms. The summed E-state index contributed by atoms with van der Waals surface area (Å²) in [7, 11) is -4.36. The molecule has 0 amide bonds. The Kier molecular flexibility index (Phi) is 11.7. The van der Waals surface area contributed by atoms with Crippen LogP contribution in [0.2, 0.25) is 0 Å². The largest absolute Gasteiger partial charge is 0.456 e. The summed E-state index contributed by atoms with van der Waals surface area (Å²) >= 11 is 0. The molecule has 0 aromatic heterocycles.